The van der Waals surface area contributed by atoms with Gasteiger partial charge in [-0.1, -0.05) is 35.9 Å². The Hall–Kier alpha value is -2.85. The lowest BCUT2D eigenvalue weighted by Crippen LogP contribution is -2.46. The molecule has 4 heteroatoms. The van der Waals surface area contributed by atoms with Gasteiger partial charge in [-0.25, -0.2) is 0 Å². The first-order chi connectivity index (χ1) is 16.3. The van der Waals surface area contributed by atoms with Crippen LogP contribution < -0.4 is 9.64 Å². The van der Waals surface area contributed by atoms with Crippen LogP contribution in [-0.2, 0) is 6.54 Å². The van der Waals surface area contributed by atoms with Crippen molar-refractivity contribution in [3.05, 3.63) is 87.7 Å². The molecule has 0 aliphatic carbocycles. The Labute approximate surface area is 204 Å². The van der Waals surface area contributed by atoms with Crippen molar-refractivity contribution < 1.29 is 4.74 Å². The number of benzene rings is 2. The van der Waals surface area contributed by atoms with E-state index in [1.165, 1.54) is 44.6 Å². The minimum Gasteiger partial charge on any atom is -0.486 e. The van der Waals surface area contributed by atoms with E-state index in [1.807, 2.05) is 18.5 Å². The van der Waals surface area contributed by atoms with Gasteiger partial charge >= 0.3 is 0 Å². The minimum atomic E-state index is -0.277. The fraction of sp³-hybridized carbons (Fsp3) is 0.433. The topological polar surface area (TPSA) is 28.6 Å². The average molecular weight is 456 g/mol. The SMILES string of the molecule is Cc1ccc(C2c3c(C)c(N4CCN(Cc5cccnc5)CC4)c(C)c(C)c3OC2(C)C)cc1. The highest BCUT2D eigenvalue weighted by Gasteiger charge is 2.45. The molecule has 34 heavy (non-hydrogen) atoms. The number of ether oxygens (including phenoxy) is 1. The summed E-state index contributed by atoms with van der Waals surface area (Å²) >= 11 is 0. The van der Waals surface area contributed by atoms with Crippen LogP contribution in [0.4, 0.5) is 5.69 Å². The number of aryl methyl sites for hydroxylation is 1. The Morgan fingerprint density at radius 3 is 2.26 bits per heavy atom. The molecule has 1 saturated heterocycles. The molecule has 1 unspecified atom stereocenters. The first-order valence-electron chi connectivity index (χ1n) is 12.5. The molecule has 0 amide bonds. The molecule has 2 aromatic carbocycles. The maximum Gasteiger partial charge on any atom is 0.127 e. The van der Waals surface area contributed by atoms with Gasteiger partial charge in [-0.2, -0.15) is 0 Å². The zero-order valence-electron chi connectivity index (χ0n) is 21.5. The van der Waals surface area contributed by atoms with E-state index in [0.29, 0.717) is 0 Å². The standard InChI is InChI=1S/C30H37N3O/c1-20-9-11-25(12-10-20)27-26-23(4)28(21(2)22(3)29(26)34-30(27,5)6)33-16-14-32(15-17-33)19-24-8-7-13-31-18-24/h7-13,18,27H,14-17,19H2,1-6H3. The minimum absolute atomic E-state index is 0.230. The number of fused-ring (bicyclic) bond motifs is 1. The Kier molecular flexibility index (Phi) is 5.89. The Morgan fingerprint density at radius 1 is 0.912 bits per heavy atom. The lowest BCUT2D eigenvalue weighted by molar-refractivity contribution is 0.121. The fourth-order valence-electron chi connectivity index (χ4n) is 5.96. The third-order valence-electron chi connectivity index (χ3n) is 7.84. The van der Waals surface area contributed by atoms with E-state index in [4.69, 9.17) is 4.74 Å². The number of anilines is 1. The van der Waals surface area contributed by atoms with Crippen LogP contribution in [0.15, 0.2) is 48.8 Å². The maximum atomic E-state index is 6.68. The van der Waals surface area contributed by atoms with E-state index < -0.39 is 0 Å². The smallest absolute Gasteiger partial charge is 0.127 e. The summed E-state index contributed by atoms with van der Waals surface area (Å²) in [6.07, 6.45) is 3.83. The lowest BCUT2D eigenvalue weighted by atomic mass is 9.78. The lowest BCUT2D eigenvalue weighted by Gasteiger charge is -2.38. The summed E-state index contributed by atoms with van der Waals surface area (Å²) in [4.78, 5) is 9.43. The van der Waals surface area contributed by atoms with Gasteiger partial charge in [0.25, 0.3) is 0 Å². The number of hydrogen-bond donors (Lipinski definition) is 0. The molecule has 2 aliphatic heterocycles. The van der Waals surface area contributed by atoms with E-state index >= 15 is 0 Å². The molecular formula is C30H37N3O. The maximum absolute atomic E-state index is 6.68. The Morgan fingerprint density at radius 2 is 1.62 bits per heavy atom. The molecular weight excluding hydrogens is 418 g/mol. The van der Waals surface area contributed by atoms with Gasteiger partial charge in [-0.3, -0.25) is 9.88 Å². The number of rotatable bonds is 4. The summed E-state index contributed by atoms with van der Waals surface area (Å²) in [5, 5.41) is 0. The van der Waals surface area contributed by atoms with Crippen LogP contribution >= 0.6 is 0 Å². The Bertz CT molecular complexity index is 1180. The molecule has 2 aliphatic rings. The summed E-state index contributed by atoms with van der Waals surface area (Å²) in [5.74, 6) is 1.33. The predicted octanol–water partition coefficient (Wildman–Crippen LogP) is 5.94. The van der Waals surface area contributed by atoms with Crippen LogP contribution in [0.5, 0.6) is 5.75 Å². The van der Waals surface area contributed by atoms with Crippen molar-refractivity contribution in [2.24, 2.45) is 0 Å². The number of nitrogens with zero attached hydrogens (tertiary/aromatic N) is 3. The summed E-state index contributed by atoms with van der Waals surface area (Å²) in [6.45, 7) is 18.6. The van der Waals surface area contributed by atoms with Crippen LogP contribution in [-0.4, -0.2) is 41.7 Å². The third kappa shape index (κ3) is 3.98. The number of piperazine rings is 1. The van der Waals surface area contributed by atoms with Crippen LogP contribution in [0.2, 0.25) is 0 Å². The number of aromatic nitrogens is 1. The van der Waals surface area contributed by atoms with Gasteiger partial charge in [0.15, 0.2) is 0 Å². The van der Waals surface area contributed by atoms with Crippen molar-refractivity contribution in [2.45, 2.75) is 59.6 Å². The molecule has 0 spiro atoms. The molecule has 5 rings (SSSR count). The predicted molar refractivity (Wildman–Crippen MR) is 140 cm³/mol. The molecule has 3 aromatic rings. The Balaban J connectivity index is 1.47. The molecule has 178 valence electrons. The summed E-state index contributed by atoms with van der Waals surface area (Å²) in [5.41, 5.74) is 10.5. The molecule has 1 atom stereocenters. The molecule has 4 nitrogen and oxygen atoms in total. The normalized spacial score (nSPS) is 19.7. The van der Waals surface area contributed by atoms with Gasteiger partial charge in [0.1, 0.15) is 11.4 Å². The molecule has 1 aromatic heterocycles. The van der Waals surface area contributed by atoms with Crippen molar-refractivity contribution >= 4 is 5.69 Å². The summed E-state index contributed by atoms with van der Waals surface area (Å²) in [6, 6.07) is 13.2. The van der Waals surface area contributed by atoms with E-state index in [0.717, 1.165) is 38.5 Å². The quantitative estimate of drug-likeness (QED) is 0.487. The van der Waals surface area contributed by atoms with Crippen molar-refractivity contribution in [3.63, 3.8) is 0 Å². The van der Waals surface area contributed by atoms with Gasteiger partial charge in [-0.05, 0) is 75.4 Å². The number of pyridine rings is 1. The second kappa shape index (κ2) is 8.74. The molecule has 0 N–H and O–H groups in total. The van der Waals surface area contributed by atoms with Crippen LogP contribution in [0.25, 0.3) is 0 Å². The zero-order valence-corrected chi connectivity index (χ0v) is 21.5. The van der Waals surface area contributed by atoms with Crippen molar-refractivity contribution in [1.29, 1.82) is 0 Å². The van der Waals surface area contributed by atoms with Crippen molar-refractivity contribution in [3.8, 4) is 5.75 Å². The molecule has 0 saturated carbocycles. The van der Waals surface area contributed by atoms with E-state index in [2.05, 4.69) is 86.7 Å². The molecule has 1 fully saturated rings. The monoisotopic (exact) mass is 455 g/mol. The fourth-order valence-corrected chi connectivity index (χ4v) is 5.96. The van der Waals surface area contributed by atoms with Crippen LogP contribution in [0.1, 0.15) is 58.7 Å². The second-order valence-corrected chi connectivity index (χ2v) is 10.6. The summed E-state index contributed by atoms with van der Waals surface area (Å²) in [7, 11) is 0. The van der Waals surface area contributed by atoms with Crippen LogP contribution in [0.3, 0.4) is 0 Å². The average Bonchev–Trinajstić information content (AvgIpc) is 3.11. The number of hydrogen-bond acceptors (Lipinski definition) is 4. The molecule has 0 bridgehead atoms. The first kappa shape index (κ1) is 22.9. The van der Waals surface area contributed by atoms with Gasteiger partial charge in [0.2, 0.25) is 0 Å². The van der Waals surface area contributed by atoms with E-state index in [-0.39, 0.29) is 11.5 Å². The summed E-state index contributed by atoms with van der Waals surface area (Å²) < 4.78 is 6.68. The zero-order chi connectivity index (χ0) is 24.0. The van der Waals surface area contributed by atoms with Crippen molar-refractivity contribution in [1.82, 2.24) is 9.88 Å². The molecule has 0 radical (unpaired) electrons. The first-order valence-corrected chi connectivity index (χ1v) is 12.5. The van der Waals surface area contributed by atoms with E-state index in [9.17, 15) is 0 Å². The van der Waals surface area contributed by atoms with Gasteiger partial charge in [-0.15, -0.1) is 0 Å². The van der Waals surface area contributed by atoms with E-state index in [1.54, 1.807) is 0 Å². The third-order valence-corrected chi connectivity index (χ3v) is 7.84. The highest BCUT2D eigenvalue weighted by Crippen LogP contribution is 2.54. The van der Waals surface area contributed by atoms with Crippen molar-refractivity contribution in [2.75, 3.05) is 31.1 Å². The van der Waals surface area contributed by atoms with Gasteiger partial charge < -0.3 is 9.64 Å². The molecule has 3 heterocycles. The van der Waals surface area contributed by atoms with Gasteiger partial charge in [0.05, 0.1) is 5.92 Å². The van der Waals surface area contributed by atoms with Crippen LogP contribution in [0, 0.1) is 27.7 Å². The largest absolute Gasteiger partial charge is 0.486 e. The highest BCUT2D eigenvalue weighted by molar-refractivity contribution is 5.72. The second-order valence-electron chi connectivity index (χ2n) is 10.6. The highest BCUT2D eigenvalue weighted by atomic mass is 16.5. The van der Waals surface area contributed by atoms with Gasteiger partial charge in [0, 0.05) is 56.4 Å².